The molecule has 27 heavy (non-hydrogen) atoms. The molecule has 1 heterocycles. The largest absolute Gasteiger partial charge is 0.507 e. The lowest BCUT2D eigenvalue weighted by atomic mass is 10.1. The Balaban J connectivity index is 1.77. The van der Waals surface area contributed by atoms with Gasteiger partial charge in [0.15, 0.2) is 0 Å². The van der Waals surface area contributed by atoms with Gasteiger partial charge in [0.25, 0.3) is 5.91 Å². The number of benzene rings is 2. The number of halogens is 1. The number of rotatable bonds is 4. The summed E-state index contributed by atoms with van der Waals surface area (Å²) in [6, 6.07) is 13.3. The summed E-state index contributed by atoms with van der Waals surface area (Å²) in [5.74, 6) is -0.738. The second-order valence-electron chi connectivity index (χ2n) is 6.06. The van der Waals surface area contributed by atoms with E-state index in [2.05, 4.69) is 10.5 Å². The summed E-state index contributed by atoms with van der Waals surface area (Å²) in [5.41, 5.74) is 5.58. The van der Waals surface area contributed by atoms with Crippen LogP contribution in [0.5, 0.6) is 11.5 Å². The van der Waals surface area contributed by atoms with Gasteiger partial charge in [0.05, 0.1) is 11.8 Å². The monoisotopic (exact) mass is 383 g/mol. The van der Waals surface area contributed by atoms with Gasteiger partial charge in [-0.25, -0.2) is 5.43 Å². The van der Waals surface area contributed by atoms with Crippen molar-refractivity contribution in [2.45, 2.75) is 13.8 Å². The van der Waals surface area contributed by atoms with Crippen LogP contribution in [0.1, 0.15) is 27.3 Å². The van der Waals surface area contributed by atoms with Crippen LogP contribution in [0.3, 0.4) is 0 Å². The molecule has 6 nitrogen and oxygen atoms in total. The predicted molar refractivity (Wildman–Crippen MR) is 105 cm³/mol. The maximum atomic E-state index is 12.3. The lowest BCUT2D eigenvalue weighted by Crippen LogP contribution is -2.18. The molecule has 0 radical (unpaired) electrons. The number of amides is 1. The molecule has 0 aliphatic rings. The second-order valence-corrected chi connectivity index (χ2v) is 6.49. The fourth-order valence-electron chi connectivity index (χ4n) is 2.78. The molecule has 3 rings (SSSR count). The van der Waals surface area contributed by atoms with Crippen molar-refractivity contribution in [3.63, 3.8) is 0 Å². The van der Waals surface area contributed by atoms with E-state index in [-0.39, 0.29) is 17.1 Å². The molecule has 0 spiro atoms. The van der Waals surface area contributed by atoms with Gasteiger partial charge < -0.3 is 14.8 Å². The van der Waals surface area contributed by atoms with Gasteiger partial charge in [-0.05, 0) is 56.3 Å². The Morgan fingerprint density at radius 3 is 2.41 bits per heavy atom. The maximum absolute atomic E-state index is 12.3. The quantitative estimate of drug-likeness (QED) is 0.471. The van der Waals surface area contributed by atoms with E-state index < -0.39 is 5.91 Å². The van der Waals surface area contributed by atoms with Crippen molar-refractivity contribution in [3.8, 4) is 17.2 Å². The summed E-state index contributed by atoms with van der Waals surface area (Å²) in [6.07, 6.45) is 1.27. The van der Waals surface area contributed by atoms with Gasteiger partial charge in [-0.1, -0.05) is 11.6 Å². The fraction of sp³-hybridized carbons (Fsp3) is 0.100. The number of carbonyl (C=O) groups is 1. The molecule has 0 atom stereocenters. The third-order valence-electron chi connectivity index (χ3n) is 4.11. The third kappa shape index (κ3) is 3.96. The molecular weight excluding hydrogens is 366 g/mol. The molecule has 1 amide bonds. The Hall–Kier alpha value is -3.25. The highest BCUT2D eigenvalue weighted by molar-refractivity contribution is 6.30. The van der Waals surface area contributed by atoms with Crippen LogP contribution in [-0.2, 0) is 0 Å². The molecular formula is C20H18ClN3O3. The van der Waals surface area contributed by atoms with Crippen LogP contribution < -0.4 is 5.43 Å². The van der Waals surface area contributed by atoms with Crippen LogP contribution in [0.4, 0.5) is 0 Å². The molecule has 0 saturated carbocycles. The molecule has 3 N–H and O–H groups in total. The highest BCUT2D eigenvalue weighted by Gasteiger charge is 2.13. The van der Waals surface area contributed by atoms with Crippen molar-refractivity contribution >= 4 is 23.7 Å². The number of hydrazone groups is 1. The smallest absolute Gasteiger partial charge is 0.275 e. The van der Waals surface area contributed by atoms with Crippen LogP contribution >= 0.6 is 11.6 Å². The van der Waals surface area contributed by atoms with Gasteiger partial charge in [0.2, 0.25) is 0 Å². The van der Waals surface area contributed by atoms with E-state index in [4.69, 9.17) is 11.6 Å². The predicted octanol–water partition coefficient (Wildman–Crippen LogP) is 3.92. The lowest BCUT2D eigenvalue weighted by Gasteiger charge is -2.11. The van der Waals surface area contributed by atoms with Gasteiger partial charge in [0.1, 0.15) is 11.5 Å². The van der Waals surface area contributed by atoms with Crippen molar-refractivity contribution in [2.24, 2.45) is 5.10 Å². The number of aryl methyl sites for hydroxylation is 2. The number of nitrogens with one attached hydrogen (secondary N) is 1. The van der Waals surface area contributed by atoms with Crippen molar-refractivity contribution in [1.29, 1.82) is 0 Å². The first-order valence-electron chi connectivity index (χ1n) is 8.17. The number of aromatic hydroxyl groups is 2. The maximum Gasteiger partial charge on any atom is 0.275 e. The second kappa shape index (κ2) is 7.55. The molecule has 7 heteroatoms. The Labute approximate surface area is 161 Å². The average Bonchev–Trinajstić information content (AvgIpc) is 2.96. The summed E-state index contributed by atoms with van der Waals surface area (Å²) in [5, 5.41) is 24.2. The highest BCUT2D eigenvalue weighted by atomic mass is 35.5. The molecule has 0 unspecified atom stereocenters. The molecule has 0 saturated heterocycles. The van der Waals surface area contributed by atoms with E-state index in [1.54, 1.807) is 12.1 Å². The first-order valence-corrected chi connectivity index (χ1v) is 8.55. The number of nitrogens with zero attached hydrogens (tertiary/aromatic N) is 2. The topological polar surface area (TPSA) is 86.9 Å². The lowest BCUT2D eigenvalue weighted by molar-refractivity contribution is 0.0952. The summed E-state index contributed by atoms with van der Waals surface area (Å²) in [7, 11) is 0. The van der Waals surface area contributed by atoms with Gasteiger partial charge in [-0.15, -0.1) is 0 Å². The summed E-state index contributed by atoms with van der Waals surface area (Å²) < 4.78 is 1.97. The van der Waals surface area contributed by atoms with E-state index in [0.717, 1.165) is 17.1 Å². The molecule has 2 aromatic carbocycles. The number of aromatic nitrogens is 1. The van der Waals surface area contributed by atoms with E-state index in [1.807, 2.05) is 30.5 Å². The van der Waals surface area contributed by atoms with Crippen LogP contribution in [0.15, 0.2) is 53.6 Å². The fourth-order valence-corrected chi connectivity index (χ4v) is 2.96. The van der Waals surface area contributed by atoms with Crippen LogP contribution in [-0.4, -0.2) is 26.9 Å². The number of phenolic OH excluding ortho intramolecular Hbond substituents is 2. The van der Waals surface area contributed by atoms with Crippen molar-refractivity contribution < 1.29 is 15.0 Å². The van der Waals surface area contributed by atoms with Crippen LogP contribution in [0.2, 0.25) is 5.02 Å². The minimum atomic E-state index is -0.572. The average molecular weight is 384 g/mol. The molecule has 0 aliphatic carbocycles. The standard InChI is InChI=1S/C20H18ClN3O3/c1-12-3-4-13(2)24(12)16-6-7-17(19(26)10-16)20(27)23-22-11-14-9-15(21)5-8-18(14)25/h3-11,25-26H,1-2H3,(H,23,27)/b22-11+. The van der Waals surface area contributed by atoms with Gasteiger partial charge in [-0.3, -0.25) is 4.79 Å². The zero-order valence-corrected chi connectivity index (χ0v) is 15.5. The zero-order valence-electron chi connectivity index (χ0n) is 14.8. The van der Waals surface area contributed by atoms with E-state index in [9.17, 15) is 15.0 Å². The molecule has 138 valence electrons. The molecule has 1 aromatic heterocycles. The van der Waals surface area contributed by atoms with Gasteiger partial charge >= 0.3 is 0 Å². The van der Waals surface area contributed by atoms with Crippen molar-refractivity contribution in [2.75, 3.05) is 0 Å². The summed E-state index contributed by atoms with van der Waals surface area (Å²) >= 11 is 5.86. The number of phenols is 2. The van der Waals surface area contributed by atoms with Crippen molar-refractivity contribution in [1.82, 2.24) is 9.99 Å². The Morgan fingerprint density at radius 1 is 1.04 bits per heavy atom. The first-order chi connectivity index (χ1) is 12.9. The minimum absolute atomic E-state index is 0.0120. The van der Waals surface area contributed by atoms with Crippen molar-refractivity contribution in [3.05, 3.63) is 76.1 Å². The Kier molecular flexibility index (Phi) is 5.19. The summed E-state index contributed by atoms with van der Waals surface area (Å²) in [6.45, 7) is 3.93. The normalized spacial score (nSPS) is 11.1. The summed E-state index contributed by atoms with van der Waals surface area (Å²) in [4.78, 5) is 12.3. The third-order valence-corrected chi connectivity index (χ3v) is 4.35. The SMILES string of the molecule is Cc1ccc(C)n1-c1ccc(C(=O)N/N=C/c2cc(Cl)ccc2O)c(O)c1. The van der Waals surface area contributed by atoms with Gasteiger partial charge in [0, 0.05) is 33.7 Å². The highest BCUT2D eigenvalue weighted by Crippen LogP contribution is 2.24. The van der Waals surface area contributed by atoms with Crippen LogP contribution in [0, 0.1) is 13.8 Å². The first kappa shape index (κ1) is 18.5. The van der Waals surface area contributed by atoms with Crippen LogP contribution in [0.25, 0.3) is 5.69 Å². The van der Waals surface area contributed by atoms with E-state index in [0.29, 0.717) is 10.6 Å². The zero-order chi connectivity index (χ0) is 19.6. The van der Waals surface area contributed by atoms with E-state index in [1.165, 1.54) is 30.5 Å². The number of hydrogen-bond donors (Lipinski definition) is 3. The minimum Gasteiger partial charge on any atom is -0.507 e. The Morgan fingerprint density at radius 2 is 1.74 bits per heavy atom. The van der Waals surface area contributed by atoms with Gasteiger partial charge in [-0.2, -0.15) is 5.10 Å². The molecule has 0 fully saturated rings. The van der Waals surface area contributed by atoms with E-state index >= 15 is 0 Å². The number of hydrogen-bond acceptors (Lipinski definition) is 4. The Bertz CT molecular complexity index is 1020. The molecule has 0 bridgehead atoms. The molecule has 3 aromatic rings. The number of carbonyl (C=O) groups excluding carboxylic acids is 1. The molecule has 0 aliphatic heterocycles.